The van der Waals surface area contributed by atoms with Gasteiger partial charge in [-0.15, -0.1) is 0 Å². The minimum absolute atomic E-state index is 0.0231. The van der Waals surface area contributed by atoms with Crippen molar-refractivity contribution in [3.8, 4) is 5.75 Å². The summed E-state index contributed by atoms with van der Waals surface area (Å²) < 4.78 is 5.35. The van der Waals surface area contributed by atoms with Crippen LogP contribution in [0.3, 0.4) is 0 Å². The maximum Gasteiger partial charge on any atom is 0.258 e. The Bertz CT molecular complexity index is 731. The Morgan fingerprint density at radius 2 is 1.76 bits per heavy atom. The molecule has 0 bridgehead atoms. The van der Waals surface area contributed by atoms with Crippen LogP contribution in [-0.2, 0) is 16.0 Å². The number of nitrogens with one attached hydrogen (secondary N) is 2. The molecule has 0 aliphatic heterocycles. The van der Waals surface area contributed by atoms with E-state index in [4.69, 9.17) is 4.74 Å². The Morgan fingerprint density at radius 1 is 1.00 bits per heavy atom. The quantitative estimate of drug-likeness (QED) is 0.850. The molecule has 0 unspecified atom stereocenters. The highest BCUT2D eigenvalue weighted by molar-refractivity contribution is 5.85. The minimum atomic E-state index is -0.317. The van der Waals surface area contributed by atoms with Crippen molar-refractivity contribution in [1.82, 2.24) is 10.6 Å². The van der Waals surface area contributed by atoms with E-state index in [0.29, 0.717) is 5.75 Å². The van der Waals surface area contributed by atoms with Crippen molar-refractivity contribution in [2.24, 2.45) is 0 Å². The highest BCUT2D eigenvalue weighted by Gasteiger charge is 2.21. The first-order valence-corrected chi connectivity index (χ1v) is 8.54. The van der Waals surface area contributed by atoms with Gasteiger partial charge >= 0.3 is 0 Å². The van der Waals surface area contributed by atoms with Gasteiger partial charge in [-0.3, -0.25) is 9.59 Å². The number of carbonyl (C=O) groups excluding carboxylic acids is 2. The first-order valence-electron chi connectivity index (χ1n) is 8.54. The Labute approximate surface area is 147 Å². The largest absolute Gasteiger partial charge is 0.484 e. The average molecular weight is 338 g/mol. The van der Waals surface area contributed by atoms with Crippen molar-refractivity contribution in [1.29, 1.82) is 0 Å². The second-order valence-corrected chi connectivity index (χ2v) is 6.09. The van der Waals surface area contributed by atoms with E-state index in [1.54, 1.807) is 12.1 Å². The maximum absolute atomic E-state index is 12.1. The van der Waals surface area contributed by atoms with Gasteiger partial charge in [0.15, 0.2) is 6.61 Å². The predicted molar refractivity (Wildman–Crippen MR) is 95.2 cm³/mol. The molecule has 0 radical (unpaired) electrons. The van der Waals surface area contributed by atoms with Gasteiger partial charge < -0.3 is 15.4 Å². The van der Waals surface area contributed by atoms with Crippen molar-refractivity contribution in [2.45, 2.75) is 25.3 Å². The van der Waals surface area contributed by atoms with Gasteiger partial charge in [0.25, 0.3) is 5.91 Å². The van der Waals surface area contributed by atoms with Crippen LogP contribution < -0.4 is 15.4 Å². The normalized spacial score (nSPS) is 15.8. The number of hydrogen-bond donors (Lipinski definition) is 2. The molecule has 5 heteroatoms. The molecular weight excluding hydrogens is 316 g/mol. The van der Waals surface area contributed by atoms with Gasteiger partial charge in [0.05, 0.1) is 12.6 Å². The fourth-order valence-electron chi connectivity index (χ4n) is 3.04. The predicted octanol–water partition coefficient (Wildman–Crippen LogP) is 2.38. The number of amides is 2. The molecule has 0 saturated heterocycles. The van der Waals surface area contributed by atoms with Gasteiger partial charge in [-0.05, 0) is 42.5 Å². The average Bonchev–Trinajstić information content (AvgIpc) is 2.66. The number of hydrogen-bond acceptors (Lipinski definition) is 3. The van der Waals surface area contributed by atoms with Crippen molar-refractivity contribution in [3.05, 3.63) is 65.7 Å². The molecule has 25 heavy (non-hydrogen) atoms. The summed E-state index contributed by atoms with van der Waals surface area (Å²) in [5.41, 5.74) is 2.47. The van der Waals surface area contributed by atoms with Gasteiger partial charge in [-0.2, -0.15) is 0 Å². The Balaban J connectivity index is 1.43. The van der Waals surface area contributed by atoms with Crippen LogP contribution in [-0.4, -0.2) is 25.0 Å². The monoisotopic (exact) mass is 338 g/mol. The molecule has 1 atom stereocenters. The molecule has 2 aromatic carbocycles. The zero-order valence-corrected chi connectivity index (χ0v) is 14.0. The number of benzene rings is 2. The summed E-state index contributed by atoms with van der Waals surface area (Å²) in [4.78, 5) is 23.9. The second-order valence-electron chi connectivity index (χ2n) is 6.09. The van der Waals surface area contributed by atoms with E-state index in [1.165, 1.54) is 11.1 Å². The van der Waals surface area contributed by atoms with Crippen LogP contribution in [0.15, 0.2) is 54.6 Å². The van der Waals surface area contributed by atoms with E-state index < -0.39 is 0 Å². The van der Waals surface area contributed by atoms with E-state index in [9.17, 15) is 9.59 Å². The van der Waals surface area contributed by atoms with Crippen LogP contribution in [0.25, 0.3) is 0 Å². The van der Waals surface area contributed by atoms with Crippen LogP contribution in [0.2, 0.25) is 0 Å². The van der Waals surface area contributed by atoms with Gasteiger partial charge in [0, 0.05) is 0 Å². The molecule has 130 valence electrons. The van der Waals surface area contributed by atoms with E-state index in [2.05, 4.69) is 22.8 Å². The smallest absolute Gasteiger partial charge is 0.258 e. The van der Waals surface area contributed by atoms with Gasteiger partial charge in [0.2, 0.25) is 5.91 Å². The van der Waals surface area contributed by atoms with Crippen LogP contribution in [0.1, 0.15) is 30.0 Å². The minimum Gasteiger partial charge on any atom is -0.484 e. The van der Waals surface area contributed by atoms with Crippen LogP contribution in [0.4, 0.5) is 0 Å². The highest BCUT2D eigenvalue weighted by Crippen LogP contribution is 2.29. The summed E-state index contributed by atoms with van der Waals surface area (Å²) in [5.74, 6) is 0.124. The third-order valence-electron chi connectivity index (χ3n) is 4.26. The van der Waals surface area contributed by atoms with Crippen LogP contribution >= 0.6 is 0 Å². The number of para-hydroxylation sites is 1. The van der Waals surface area contributed by atoms with Gasteiger partial charge in [-0.1, -0.05) is 42.5 Å². The first-order chi connectivity index (χ1) is 12.2. The summed E-state index contributed by atoms with van der Waals surface area (Å²) in [7, 11) is 0. The topological polar surface area (TPSA) is 67.4 Å². The zero-order valence-electron chi connectivity index (χ0n) is 14.0. The number of fused-ring (bicyclic) bond motifs is 1. The summed E-state index contributed by atoms with van der Waals surface area (Å²) in [5, 5.41) is 5.60. The molecule has 5 nitrogen and oxygen atoms in total. The molecule has 0 heterocycles. The van der Waals surface area contributed by atoms with Gasteiger partial charge in [0.1, 0.15) is 5.75 Å². The molecule has 2 N–H and O–H groups in total. The van der Waals surface area contributed by atoms with E-state index >= 15 is 0 Å². The summed E-state index contributed by atoms with van der Waals surface area (Å²) in [6, 6.07) is 17.3. The molecule has 0 spiro atoms. The van der Waals surface area contributed by atoms with Crippen LogP contribution in [0, 0.1) is 0 Å². The van der Waals surface area contributed by atoms with Crippen molar-refractivity contribution in [3.63, 3.8) is 0 Å². The Hall–Kier alpha value is -2.82. The third kappa shape index (κ3) is 4.83. The Morgan fingerprint density at radius 3 is 2.60 bits per heavy atom. The van der Waals surface area contributed by atoms with Crippen molar-refractivity contribution in [2.75, 3.05) is 13.2 Å². The third-order valence-corrected chi connectivity index (χ3v) is 4.26. The molecule has 0 saturated carbocycles. The number of carbonyl (C=O) groups is 2. The number of aryl methyl sites for hydroxylation is 1. The molecule has 2 amide bonds. The number of ether oxygens (including phenoxy) is 1. The maximum atomic E-state index is 12.1. The fraction of sp³-hybridized carbons (Fsp3) is 0.300. The highest BCUT2D eigenvalue weighted by atomic mass is 16.5. The van der Waals surface area contributed by atoms with E-state index in [0.717, 1.165) is 19.3 Å². The zero-order chi connectivity index (χ0) is 17.5. The molecular formula is C20H22N2O3. The van der Waals surface area contributed by atoms with Crippen LogP contribution in [0.5, 0.6) is 5.75 Å². The molecule has 1 aliphatic rings. The molecule has 3 rings (SSSR count). The van der Waals surface area contributed by atoms with Crippen molar-refractivity contribution < 1.29 is 14.3 Å². The lowest BCUT2D eigenvalue weighted by atomic mass is 9.88. The second kappa shape index (κ2) is 8.33. The Kier molecular flexibility index (Phi) is 5.67. The summed E-state index contributed by atoms with van der Waals surface area (Å²) in [6.45, 7) is -0.154. The fourth-order valence-corrected chi connectivity index (χ4v) is 3.04. The standard InChI is InChI=1S/C20H22N2O3/c23-19(13-21-20(24)14-25-16-9-2-1-3-10-16)22-18-12-6-8-15-7-4-5-11-17(15)18/h1-5,7,9-11,18H,6,8,12-14H2,(H,21,24)(H,22,23)/t18-/m0/s1. The molecule has 0 fully saturated rings. The lowest BCUT2D eigenvalue weighted by Crippen LogP contribution is -2.40. The summed E-state index contributed by atoms with van der Waals surface area (Å²) >= 11 is 0. The lowest BCUT2D eigenvalue weighted by Gasteiger charge is -2.26. The first kappa shape index (κ1) is 17.0. The molecule has 2 aromatic rings. The van der Waals surface area contributed by atoms with Gasteiger partial charge in [-0.25, -0.2) is 0 Å². The van der Waals surface area contributed by atoms with E-state index in [1.807, 2.05) is 30.3 Å². The van der Waals surface area contributed by atoms with Crippen molar-refractivity contribution >= 4 is 11.8 Å². The van der Waals surface area contributed by atoms with E-state index in [-0.39, 0.29) is 31.0 Å². The number of rotatable bonds is 6. The molecule has 1 aliphatic carbocycles. The lowest BCUT2D eigenvalue weighted by molar-refractivity contribution is -0.127. The SMILES string of the molecule is O=C(COc1ccccc1)NCC(=O)N[C@H]1CCCc2ccccc21. The summed E-state index contributed by atoms with van der Waals surface area (Å²) in [6.07, 6.45) is 3.03. The molecule has 0 aromatic heterocycles.